The molecule has 0 unspecified atom stereocenters. The number of benzene rings is 9. The standard InChI is InChI=1S/C59H38N6Si/c1-61-45-31-34-52-51-33-30-41(40-60)36-55(51)65(56(52)38-45)46-32-35-53(59-63-57(42-18-7-2-8-19-42)62-58(64-59)43-20-9-3-10-21-43)54(39-46)44-22-17-29-50(37-44)66(47-23-11-4-12-24-47,48-25-13-5-14-26-48)49-27-15-6-16-28-49/h2-39H. The van der Waals surface area contributed by atoms with Crippen molar-refractivity contribution < 1.29 is 0 Å². The van der Waals surface area contributed by atoms with Gasteiger partial charge in [0.2, 0.25) is 0 Å². The number of fused-ring (bicyclic) bond motifs is 3. The molecule has 9 aromatic carbocycles. The molecule has 0 saturated heterocycles. The van der Waals surface area contributed by atoms with E-state index in [2.05, 4.69) is 149 Å². The van der Waals surface area contributed by atoms with E-state index in [1.54, 1.807) is 0 Å². The summed E-state index contributed by atoms with van der Waals surface area (Å²) in [6.07, 6.45) is 0. The Hall–Kier alpha value is -9.01. The molecule has 0 fully saturated rings. The normalized spacial score (nSPS) is 11.3. The van der Waals surface area contributed by atoms with Gasteiger partial charge in [-0.05, 0) is 68.3 Å². The molecule has 2 heterocycles. The van der Waals surface area contributed by atoms with Gasteiger partial charge in [0.05, 0.1) is 23.7 Å². The first kappa shape index (κ1) is 39.8. The van der Waals surface area contributed by atoms with E-state index in [1.807, 2.05) is 97.1 Å². The number of nitrogens with zero attached hydrogens (tertiary/aromatic N) is 6. The monoisotopic (exact) mass is 858 g/mol. The Bertz CT molecular complexity index is 3430. The smallest absolute Gasteiger partial charge is 0.189 e. The second kappa shape index (κ2) is 16.9. The Morgan fingerprint density at radius 2 is 0.909 bits per heavy atom. The maximum atomic E-state index is 10.1. The third-order valence-corrected chi connectivity index (χ3v) is 17.2. The third-order valence-electron chi connectivity index (χ3n) is 12.4. The summed E-state index contributed by atoms with van der Waals surface area (Å²) in [5.41, 5.74) is 8.23. The van der Waals surface area contributed by atoms with Crippen molar-refractivity contribution >= 4 is 56.3 Å². The lowest BCUT2D eigenvalue weighted by Crippen LogP contribution is -2.74. The van der Waals surface area contributed by atoms with Crippen molar-refractivity contribution in [2.75, 3.05) is 0 Å². The third kappa shape index (κ3) is 6.94. The van der Waals surface area contributed by atoms with Crippen LogP contribution >= 0.6 is 0 Å². The van der Waals surface area contributed by atoms with Gasteiger partial charge in [0.25, 0.3) is 0 Å². The zero-order valence-electron chi connectivity index (χ0n) is 35.6. The summed E-state index contributed by atoms with van der Waals surface area (Å²) in [7, 11) is -2.93. The average molecular weight is 859 g/mol. The van der Waals surface area contributed by atoms with Crippen LogP contribution in [0.4, 0.5) is 5.69 Å². The fraction of sp³-hybridized carbons (Fsp3) is 0. The first-order valence-corrected chi connectivity index (χ1v) is 23.8. The predicted molar refractivity (Wildman–Crippen MR) is 271 cm³/mol. The van der Waals surface area contributed by atoms with Gasteiger partial charge in [-0.25, -0.2) is 19.8 Å². The van der Waals surface area contributed by atoms with Crippen LogP contribution in [0.1, 0.15) is 5.56 Å². The first-order chi connectivity index (χ1) is 32.6. The molecule has 0 N–H and O–H groups in total. The molecule has 0 aliphatic rings. The van der Waals surface area contributed by atoms with Crippen LogP contribution in [0.2, 0.25) is 0 Å². The van der Waals surface area contributed by atoms with Crippen LogP contribution < -0.4 is 20.7 Å². The second-order valence-electron chi connectivity index (χ2n) is 16.2. The Morgan fingerprint density at radius 3 is 1.45 bits per heavy atom. The number of rotatable bonds is 9. The second-order valence-corrected chi connectivity index (χ2v) is 20.0. The van der Waals surface area contributed by atoms with E-state index in [4.69, 9.17) is 21.5 Å². The summed E-state index contributed by atoms with van der Waals surface area (Å²) < 4.78 is 2.17. The largest absolute Gasteiger partial charge is 0.310 e. The molecular formula is C59H38N6Si. The molecular weight excluding hydrogens is 821 g/mol. The summed E-state index contributed by atoms with van der Waals surface area (Å²) in [6, 6.07) is 82.3. The minimum atomic E-state index is -2.93. The van der Waals surface area contributed by atoms with E-state index in [0.29, 0.717) is 28.7 Å². The Balaban J connectivity index is 1.23. The van der Waals surface area contributed by atoms with E-state index < -0.39 is 8.07 Å². The average Bonchev–Trinajstić information content (AvgIpc) is 3.73. The molecule has 66 heavy (non-hydrogen) atoms. The summed E-state index contributed by atoms with van der Waals surface area (Å²) in [6.45, 7) is 7.94. The fourth-order valence-corrected chi connectivity index (χ4v) is 14.2. The highest BCUT2D eigenvalue weighted by Gasteiger charge is 2.41. The van der Waals surface area contributed by atoms with Crippen molar-refractivity contribution in [2.45, 2.75) is 0 Å². The minimum absolute atomic E-state index is 0.535. The fourth-order valence-electron chi connectivity index (χ4n) is 9.44. The summed E-state index contributed by atoms with van der Waals surface area (Å²) >= 11 is 0. The zero-order valence-corrected chi connectivity index (χ0v) is 36.6. The van der Waals surface area contributed by atoms with Gasteiger partial charge in [-0.1, -0.05) is 194 Å². The van der Waals surface area contributed by atoms with Crippen LogP contribution in [-0.4, -0.2) is 27.6 Å². The molecule has 308 valence electrons. The highest BCUT2D eigenvalue weighted by molar-refractivity contribution is 7.19. The van der Waals surface area contributed by atoms with Gasteiger partial charge in [0.15, 0.2) is 31.2 Å². The van der Waals surface area contributed by atoms with Crippen LogP contribution in [-0.2, 0) is 0 Å². The number of hydrogen-bond donors (Lipinski definition) is 0. The lowest BCUT2D eigenvalue weighted by molar-refractivity contribution is 1.07. The van der Waals surface area contributed by atoms with E-state index in [0.717, 1.165) is 55.3 Å². The molecule has 2 aromatic heterocycles. The maximum Gasteiger partial charge on any atom is 0.189 e. The summed E-state index contributed by atoms with van der Waals surface area (Å²) in [5.74, 6) is 1.69. The van der Waals surface area contributed by atoms with Crippen molar-refractivity contribution in [3.8, 4) is 57.0 Å². The van der Waals surface area contributed by atoms with Crippen molar-refractivity contribution in [2.24, 2.45) is 0 Å². The van der Waals surface area contributed by atoms with E-state index in [9.17, 15) is 5.26 Å². The van der Waals surface area contributed by atoms with Gasteiger partial charge >= 0.3 is 0 Å². The van der Waals surface area contributed by atoms with Crippen LogP contribution in [0.25, 0.3) is 77.6 Å². The van der Waals surface area contributed by atoms with Crippen LogP contribution in [0.3, 0.4) is 0 Å². The van der Waals surface area contributed by atoms with Crippen LogP contribution in [0, 0.1) is 17.9 Å². The van der Waals surface area contributed by atoms with E-state index in [1.165, 1.54) is 20.7 Å². The Morgan fingerprint density at radius 1 is 0.424 bits per heavy atom. The molecule has 0 atom stereocenters. The van der Waals surface area contributed by atoms with Crippen molar-refractivity contribution in [1.29, 1.82) is 5.26 Å². The van der Waals surface area contributed by atoms with Gasteiger partial charge in [-0.2, -0.15) is 5.26 Å². The molecule has 7 heteroatoms. The van der Waals surface area contributed by atoms with Gasteiger partial charge < -0.3 is 4.57 Å². The van der Waals surface area contributed by atoms with E-state index in [-0.39, 0.29) is 0 Å². The van der Waals surface area contributed by atoms with Crippen molar-refractivity contribution in [1.82, 2.24) is 19.5 Å². The van der Waals surface area contributed by atoms with Gasteiger partial charge in [-0.3, -0.25) is 0 Å². The van der Waals surface area contributed by atoms with Gasteiger partial charge in [0.1, 0.15) is 0 Å². The summed E-state index contributed by atoms with van der Waals surface area (Å²) in [5, 5.41) is 17.2. The van der Waals surface area contributed by atoms with Crippen LogP contribution in [0.5, 0.6) is 0 Å². The zero-order chi connectivity index (χ0) is 44.5. The van der Waals surface area contributed by atoms with Crippen molar-refractivity contribution in [3.05, 3.63) is 248 Å². The van der Waals surface area contributed by atoms with Crippen LogP contribution in [0.15, 0.2) is 231 Å². The number of nitriles is 1. The molecule has 11 aromatic rings. The lowest BCUT2D eigenvalue weighted by atomic mass is 9.98. The highest BCUT2D eigenvalue weighted by Crippen LogP contribution is 2.39. The SMILES string of the molecule is [C-]#[N+]c1ccc2c3ccc(C#N)cc3n(-c3ccc(-c4nc(-c5ccccc5)nc(-c5ccccc5)n4)c(-c4cccc([Si](c5ccccc5)(c5ccccc5)c5ccccc5)c4)c3)c2c1. The molecule has 0 aliphatic heterocycles. The molecule has 0 bridgehead atoms. The maximum absolute atomic E-state index is 10.1. The number of aromatic nitrogens is 4. The first-order valence-electron chi connectivity index (χ1n) is 21.8. The van der Waals surface area contributed by atoms with E-state index >= 15 is 0 Å². The topological polar surface area (TPSA) is 71.8 Å². The lowest BCUT2D eigenvalue weighted by Gasteiger charge is -2.34. The molecule has 0 amide bonds. The molecule has 11 rings (SSSR count). The highest BCUT2D eigenvalue weighted by atomic mass is 28.3. The van der Waals surface area contributed by atoms with Gasteiger partial charge in [0, 0.05) is 38.7 Å². The minimum Gasteiger partial charge on any atom is -0.310 e. The molecule has 0 radical (unpaired) electrons. The predicted octanol–water partition coefficient (Wildman–Crippen LogP) is 11.4. The van der Waals surface area contributed by atoms with Gasteiger partial charge in [-0.15, -0.1) is 0 Å². The Labute approximate surface area is 383 Å². The van der Waals surface area contributed by atoms with Crippen molar-refractivity contribution in [3.63, 3.8) is 0 Å². The molecule has 0 saturated carbocycles. The molecule has 0 spiro atoms. The Kier molecular flexibility index (Phi) is 10.2. The number of hydrogen-bond acceptors (Lipinski definition) is 4. The molecule has 0 aliphatic carbocycles. The molecule has 6 nitrogen and oxygen atoms in total. The quantitative estimate of drug-likeness (QED) is 0.0823. The summed E-state index contributed by atoms with van der Waals surface area (Å²) in [4.78, 5) is 19.3.